The molecule has 2 saturated heterocycles. The van der Waals surface area contributed by atoms with Gasteiger partial charge in [0.1, 0.15) is 18.7 Å². The molecule has 0 bridgehead atoms. The van der Waals surface area contributed by atoms with Gasteiger partial charge in [0.15, 0.2) is 0 Å². The van der Waals surface area contributed by atoms with Crippen molar-refractivity contribution in [2.45, 2.75) is 70.3 Å². The Hall–Kier alpha value is -3.28. The van der Waals surface area contributed by atoms with E-state index in [2.05, 4.69) is 5.32 Å². The number of carbonyl (C=O) groups is 3. The van der Waals surface area contributed by atoms with Gasteiger partial charge < -0.3 is 14.4 Å². The van der Waals surface area contributed by atoms with Gasteiger partial charge in [0.25, 0.3) is 0 Å². The second-order valence-electron chi connectivity index (χ2n) is 11.0. The zero-order chi connectivity index (χ0) is 30.3. The summed E-state index contributed by atoms with van der Waals surface area (Å²) >= 11 is 0. The summed E-state index contributed by atoms with van der Waals surface area (Å²) in [5.74, 6) is -1.40. The minimum absolute atomic E-state index is 0.0487. The van der Waals surface area contributed by atoms with Crippen LogP contribution in [0.4, 0.5) is 0 Å². The summed E-state index contributed by atoms with van der Waals surface area (Å²) in [6, 6.07) is 16.1. The van der Waals surface area contributed by atoms with Crippen molar-refractivity contribution in [2.24, 2.45) is 5.92 Å². The van der Waals surface area contributed by atoms with Gasteiger partial charge in [-0.2, -0.15) is 0 Å². The van der Waals surface area contributed by atoms with Crippen LogP contribution in [-0.4, -0.2) is 85.6 Å². The first kappa shape index (κ1) is 31.7. The first-order chi connectivity index (χ1) is 20.1. The predicted molar refractivity (Wildman–Crippen MR) is 158 cm³/mol. The maximum Gasteiger partial charge on any atom is 0.329 e. The lowest BCUT2D eigenvalue weighted by Crippen LogP contribution is -2.58. The summed E-state index contributed by atoms with van der Waals surface area (Å²) in [5, 5.41) is 3.15. The van der Waals surface area contributed by atoms with E-state index in [9.17, 15) is 22.8 Å². The summed E-state index contributed by atoms with van der Waals surface area (Å²) in [4.78, 5) is 41.8. The van der Waals surface area contributed by atoms with Crippen molar-refractivity contribution < 1.29 is 32.3 Å². The third-order valence-corrected chi connectivity index (χ3v) is 9.35. The molecule has 10 nitrogen and oxygen atoms in total. The van der Waals surface area contributed by atoms with E-state index >= 15 is 0 Å². The first-order valence-electron chi connectivity index (χ1n) is 14.5. The molecule has 2 aliphatic rings. The molecule has 0 saturated carbocycles. The van der Waals surface area contributed by atoms with Crippen molar-refractivity contribution in [3.05, 3.63) is 71.8 Å². The Bertz CT molecular complexity index is 1320. The minimum Gasteiger partial charge on any atom is -0.465 e. The monoisotopic (exact) mass is 599 g/mol. The Labute approximate surface area is 248 Å². The van der Waals surface area contributed by atoms with Crippen LogP contribution in [0.5, 0.6) is 0 Å². The number of aryl methyl sites for hydroxylation is 1. The summed E-state index contributed by atoms with van der Waals surface area (Å²) in [6.07, 6.45) is 3.10. The molecule has 2 aromatic carbocycles. The Morgan fingerprint density at radius 3 is 2.26 bits per heavy atom. The molecule has 0 aliphatic carbocycles. The van der Waals surface area contributed by atoms with Crippen molar-refractivity contribution in [2.75, 3.05) is 26.0 Å². The molecule has 0 radical (unpaired) electrons. The molecule has 5 atom stereocenters. The molecule has 4 rings (SSSR count). The molecular weight excluding hydrogens is 558 g/mol. The summed E-state index contributed by atoms with van der Waals surface area (Å²) in [5.41, 5.74) is 1.88. The third-order valence-electron chi connectivity index (χ3n) is 8.08. The van der Waals surface area contributed by atoms with E-state index in [1.165, 1.54) is 9.21 Å². The molecule has 0 aromatic heterocycles. The maximum absolute atomic E-state index is 14.1. The van der Waals surface area contributed by atoms with Gasteiger partial charge in [0.05, 0.1) is 18.9 Å². The van der Waals surface area contributed by atoms with Crippen LogP contribution in [0.25, 0.3) is 0 Å². The number of carbonyl (C=O) groups excluding carboxylic acids is 3. The third kappa shape index (κ3) is 7.96. The van der Waals surface area contributed by atoms with Gasteiger partial charge in [-0.05, 0) is 56.6 Å². The lowest BCUT2D eigenvalue weighted by Gasteiger charge is -2.39. The Kier molecular flexibility index (Phi) is 10.7. The molecule has 1 amide bonds. The second-order valence-corrected chi connectivity index (χ2v) is 13.0. The fraction of sp³-hybridized carbons (Fsp3) is 0.516. The molecular formula is C31H41N3O7S. The first-order valence-corrected chi connectivity index (χ1v) is 16.4. The van der Waals surface area contributed by atoms with E-state index in [0.29, 0.717) is 32.2 Å². The molecule has 2 heterocycles. The van der Waals surface area contributed by atoms with Gasteiger partial charge >= 0.3 is 11.9 Å². The Balaban J connectivity index is 1.53. The van der Waals surface area contributed by atoms with Crippen LogP contribution in [0.15, 0.2) is 60.7 Å². The molecule has 0 spiro atoms. The van der Waals surface area contributed by atoms with Crippen molar-refractivity contribution >= 4 is 27.9 Å². The molecule has 42 heavy (non-hydrogen) atoms. The second kappa shape index (κ2) is 14.3. The highest BCUT2D eigenvalue weighted by Crippen LogP contribution is 2.37. The number of ether oxygens (including phenoxy) is 2. The van der Waals surface area contributed by atoms with Gasteiger partial charge in [-0.25, -0.2) is 17.5 Å². The number of sulfonamides is 1. The fourth-order valence-electron chi connectivity index (χ4n) is 5.89. The van der Waals surface area contributed by atoms with E-state index in [1.807, 2.05) is 60.7 Å². The largest absolute Gasteiger partial charge is 0.465 e. The number of hydrogen-bond acceptors (Lipinski definition) is 8. The molecule has 1 N–H and O–H groups in total. The number of likely N-dealkylation sites (tertiary alicyclic amines) is 1. The van der Waals surface area contributed by atoms with E-state index in [1.54, 1.807) is 13.8 Å². The van der Waals surface area contributed by atoms with Gasteiger partial charge in [0, 0.05) is 19.1 Å². The normalized spacial score (nSPS) is 22.2. The smallest absolute Gasteiger partial charge is 0.329 e. The van der Waals surface area contributed by atoms with Gasteiger partial charge in [0.2, 0.25) is 15.9 Å². The van der Waals surface area contributed by atoms with Crippen LogP contribution >= 0.6 is 0 Å². The zero-order valence-electron chi connectivity index (χ0n) is 24.5. The van der Waals surface area contributed by atoms with E-state index in [4.69, 9.17) is 9.47 Å². The number of piperidine rings is 1. The lowest BCUT2D eigenvalue weighted by molar-refractivity contribution is -0.157. The van der Waals surface area contributed by atoms with Crippen molar-refractivity contribution in [1.29, 1.82) is 0 Å². The van der Waals surface area contributed by atoms with E-state index in [0.717, 1.165) is 17.4 Å². The highest BCUT2D eigenvalue weighted by atomic mass is 32.2. The Morgan fingerprint density at radius 2 is 1.64 bits per heavy atom. The minimum atomic E-state index is -3.49. The van der Waals surface area contributed by atoms with Crippen molar-refractivity contribution in [3.8, 4) is 0 Å². The molecule has 5 unspecified atom stereocenters. The van der Waals surface area contributed by atoms with Crippen LogP contribution in [0.1, 0.15) is 44.2 Å². The number of hydrogen-bond donors (Lipinski definition) is 1. The number of benzene rings is 2. The van der Waals surface area contributed by atoms with Gasteiger partial charge in [-0.1, -0.05) is 60.7 Å². The summed E-state index contributed by atoms with van der Waals surface area (Å²) in [7, 11) is -3.49. The number of fused-ring (bicyclic) bond motifs is 1. The molecule has 2 fully saturated rings. The van der Waals surface area contributed by atoms with Gasteiger partial charge in [-0.3, -0.25) is 14.9 Å². The van der Waals surface area contributed by atoms with Crippen LogP contribution in [0.3, 0.4) is 0 Å². The van der Waals surface area contributed by atoms with Crippen LogP contribution < -0.4 is 5.32 Å². The molecule has 2 aliphatic heterocycles. The molecule has 11 heteroatoms. The summed E-state index contributed by atoms with van der Waals surface area (Å²) in [6.45, 7) is 4.12. The fourth-order valence-corrected chi connectivity index (χ4v) is 6.75. The average Bonchev–Trinajstić information content (AvgIpc) is 3.37. The van der Waals surface area contributed by atoms with Crippen LogP contribution in [0, 0.1) is 5.92 Å². The number of rotatable bonds is 12. The van der Waals surface area contributed by atoms with Crippen molar-refractivity contribution in [3.63, 3.8) is 0 Å². The lowest BCUT2D eigenvalue weighted by atomic mass is 9.92. The van der Waals surface area contributed by atoms with Crippen LogP contribution in [-0.2, 0) is 46.9 Å². The Morgan fingerprint density at radius 1 is 1.00 bits per heavy atom. The van der Waals surface area contributed by atoms with Crippen molar-refractivity contribution in [1.82, 2.24) is 14.5 Å². The predicted octanol–water partition coefficient (Wildman–Crippen LogP) is 2.52. The van der Waals surface area contributed by atoms with E-state index < -0.39 is 46.1 Å². The maximum atomic E-state index is 14.1. The molecule has 228 valence electrons. The number of amides is 1. The van der Waals surface area contributed by atoms with Crippen LogP contribution in [0.2, 0.25) is 0 Å². The highest BCUT2D eigenvalue weighted by Gasteiger charge is 2.51. The zero-order valence-corrected chi connectivity index (χ0v) is 25.3. The average molecular weight is 600 g/mol. The number of nitrogens with one attached hydrogen (secondary N) is 1. The SMILES string of the molecule is CCOC(=O)C(CCc1ccccc1)NC(C)C(=O)N1C(C(=O)OCc2ccccc2)CC2CCN(S(C)(=O)=O)CC21. The highest BCUT2D eigenvalue weighted by molar-refractivity contribution is 7.88. The standard InChI is InChI=1S/C31H41N3O7S/c1-4-40-30(36)26(16-15-23-11-7-5-8-12-23)32-22(2)29(35)34-27(31(37)41-21-24-13-9-6-10-14-24)19-25-17-18-33(20-28(25)34)42(3,38)39/h5-14,22,25-28,32H,4,15-21H2,1-3H3. The van der Waals surface area contributed by atoms with E-state index in [-0.39, 0.29) is 31.6 Å². The quantitative estimate of drug-likeness (QED) is 0.370. The summed E-state index contributed by atoms with van der Waals surface area (Å²) < 4.78 is 37.1. The number of esters is 2. The number of nitrogens with zero attached hydrogens (tertiary/aromatic N) is 2. The molecule has 2 aromatic rings. The van der Waals surface area contributed by atoms with Gasteiger partial charge in [-0.15, -0.1) is 0 Å². The topological polar surface area (TPSA) is 122 Å².